The summed E-state index contributed by atoms with van der Waals surface area (Å²) in [4.78, 5) is 0. The van der Waals surface area contributed by atoms with Gasteiger partial charge in [0.2, 0.25) is 0 Å². The van der Waals surface area contributed by atoms with E-state index in [2.05, 4.69) is 29.7 Å². The molecule has 0 bridgehead atoms. The second kappa shape index (κ2) is 6.03. The molecule has 1 aliphatic rings. The Labute approximate surface area is 104 Å². The first-order chi connectivity index (χ1) is 8.29. The molecule has 17 heavy (non-hydrogen) atoms. The standard InChI is InChI=1S/C14H22N2O/c1-11(16-13-6-4-8-15-10-13)12-5-3-7-14(9-12)17-2/h3,5,7,9,11,13,15-16H,4,6,8,10H2,1-2H3. The van der Waals surface area contributed by atoms with Crippen LogP contribution in [0.3, 0.4) is 0 Å². The van der Waals surface area contributed by atoms with Gasteiger partial charge in [-0.2, -0.15) is 0 Å². The quantitative estimate of drug-likeness (QED) is 0.837. The smallest absolute Gasteiger partial charge is 0.119 e. The Bertz CT molecular complexity index is 348. The molecule has 2 N–H and O–H groups in total. The van der Waals surface area contributed by atoms with Gasteiger partial charge in [0.25, 0.3) is 0 Å². The molecule has 2 unspecified atom stereocenters. The van der Waals surface area contributed by atoms with Crippen LogP contribution in [0, 0.1) is 0 Å². The zero-order valence-corrected chi connectivity index (χ0v) is 10.7. The minimum atomic E-state index is 0.370. The van der Waals surface area contributed by atoms with Crippen molar-refractivity contribution in [3.05, 3.63) is 29.8 Å². The minimum Gasteiger partial charge on any atom is -0.497 e. The van der Waals surface area contributed by atoms with Gasteiger partial charge in [-0.3, -0.25) is 0 Å². The second-order valence-corrected chi connectivity index (χ2v) is 4.71. The zero-order chi connectivity index (χ0) is 12.1. The summed E-state index contributed by atoms with van der Waals surface area (Å²) >= 11 is 0. The normalized spacial score (nSPS) is 22.1. The molecule has 0 spiro atoms. The Kier molecular flexibility index (Phi) is 4.40. The van der Waals surface area contributed by atoms with Crippen LogP contribution in [0.25, 0.3) is 0 Å². The number of hydrogen-bond acceptors (Lipinski definition) is 3. The molecule has 1 aliphatic heterocycles. The number of nitrogens with one attached hydrogen (secondary N) is 2. The van der Waals surface area contributed by atoms with Crippen molar-refractivity contribution in [1.82, 2.24) is 10.6 Å². The van der Waals surface area contributed by atoms with Crippen molar-refractivity contribution in [1.29, 1.82) is 0 Å². The fourth-order valence-electron chi connectivity index (χ4n) is 2.35. The van der Waals surface area contributed by atoms with E-state index in [9.17, 15) is 0 Å². The molecule has 2 atom stereocenters. The molecule has 94 valence electrons. The monoisotopic (exact) mass is 234 g/mol. The summed E-state index contributed by atoms with van der Waals surface area (Å²) in [5, 5.41) is 7.10. The molecular weight excluding hydrogens is 212 g/mol. The highest BCUT2D eigenvalue weighted by atomic mass is 16.5. The average Bonchev–Trinajstić information content (AvgIpc) is 2.40. The molecule has 1 heterocycles. The summed E-state index contributed by atoms with van der Waals surface area (Å²) < 4.78 is 5.25. The molecule has 0 radical (unpaired) electrons. The van der Waals surface area contributed by atoms with Gasteiger partial charge in [-0.1, -0.05) is 12.1 Å². The summed E-state index contributed by atoms with van der Waals surface area (Å²) in [6.07, 6.45) is 2.53. The van der Waals surface area contributed by atoms with Crippen LogP contribution >= 0.6 is 0 Å². The first kappa shape index (κ1) is 12.4. The van der Waals surface area contributed by atoms with E-state index in [0.717, 1.165) is 18.8 Å². The lowest BCUT2D eigenvalue weighted by atomic mass is 10.0. The predicted octanol–water partition coefficient (Wildman–Crippen LogP) is 2.10. The summed E-state index contributed by atoms with van der Waals surface area (Å²) in [6.45, 7) is 4.45. The summed E-state index contributed by atoms with van der Waals surface area (Å²) in [5.41, 5.74) is 1.29. The largest absolute Gasteiger partial charge is 0.497 e. The molecule has 0 amide bonds. The Hall–Kier alpha value is -1.06. The first-order valence-corrected chi connectivity index (χ1v) is 6.40. The second-order valence-electron chi connectivity index (χ2n) is 4.71. The van der Waals surface area contributed by atoms with Gasteiger partial charge in [-0.25, -0.2) is 0 Å². The summed E-state index contributed by atoms with van der Waals surface area (Å²) in [6, 6.07) is 9.24. The van der Waals surface area contributed by atoms with E-state index in [4.69, 9.17) is 4.74 Å². The summed E-state index contributed by atoms with van der Waals surface area (Å²) in [5.74, 6) is 0.929. The van der Waals surface area contributed by atoms with E-state index >= 15 is 0 Å². The third-order valence-electron chi connectivity index (χ3n) is 3.38. The third kappa shape index (κ3) is 3.45. The molecule has 1 aromatic carbocycles. The van der Waals surface area contributed by atoms with Crippen molar-refractivity contribution in [3.8, 4) is 5.75 Å². The van der Waals surface area contributed by atoms with Gasteiger partial charge >= 0.3 is 0 Å². The molecule has 2 rings (SSSR count). The number of rotatable bonds is 4. The Balaban J connectivity index is 1.95. The third-order valence-corrected chi connectivity index (χ3v) is 3.38. The van der Waals surface area contributed by atoms with Crippen LogP contribution < -0.4 is 15.4 Å². The molecule has 3 nitrogen and oxygen atoms in total. The SMILES string of the molecule is COc1cccc(C(C)NC2CCCNC2)c1. The van der Waals surface area contributed by atoms with Crippen molar-refractivity contribution in [3.63, 3.8) is 0 Å². The van der Waals surface area contributed by atoms with Crippen molar-refractivity contribution in [2.75, 3.05) is 20.2 Å². The number of piperidine rings is 1. The average molecular weight is 234 g/mol. The van der Waals surface area contributed by atoms with Crippen LogP contribution in [-0.2, 0) is 0 Å². The number of benzene rings is 1. The predicted molar refractivity (Wildman–Crippen MR) is 70.4 cm³/mol. The number of methoxy groups -OCH3 is 1. The molecular formula is C14H22N2O. The minimum absolute atomic E-state index is 0.370. The lowest BCUT2D eigenvalue weighted by Gasteiger charge is -2.27. The van der Waals surface area contributed by atoms with E-state index in [1.165, 1.54) is 18.4 Å². The first-order valence-electron chi connectivity index (χ1n) is 6.40. The van der Waals surface area contributed by atoms with E-state index < -0.39 is 0 Å². The zero-order valence-electron chi connectivity index (χ0n) is 10.7. The van der Waals surface area contributed by atoms with E-state index in [1.54, 1.807) is 7.11 Å². The van der Waals surface area contributed by atoms with E-state index in [-0.39, 0.29) is 0 Å². The lowest BCUT2D eigenvalue weighted by Crippen LogP contribution is -2.43. The fourth-order valence-corrected chi connectivity index (χ4v) is 2.35. The molecule has 0 aromatic heterocycles. The molecule has 0 aliphatic carbocycles. The molecule has 1 aromatic rings. The topological polar surface area (TPSA) is 33.3 Å². The summed E-state index contributed by atoms with van der Waals surface area (Å²) in [7, 11) is 1.71. The lowest BCUT2D eigenvalue weighted by molar-refractivity contribution is 0.361. The van der Waals surface area contributed by atoms with Crippen LogP contribution in [-0.4, -0.2) is 26.2 Å². The highest BCUT2D eigenvalue weighted by molar-refractivity contribution is 5.30. The fraction of sp³-hybridized carbons (Fsp3) is 0.571. The van der Waals surface area contributed by atoms with Gasteiger partial charge in [0.05, 0.1) is 7.11 Å². The Morgan fingerprint density at radius 2 is 2.35 bits per heavy atom. The van der Waals surface area contributed by atoms with Crippen molar-refractivity contribution in [2.24, 2.45) is 0 Å². The van der Waals surface area contributed by atoms with Crippen LogP contribution in [0.5, 0.6) is 5.75 Å². The van der Waals surface area contributed by atoms with Crippen molar-refractivity contribution >= 4 is 0 Å². The van der Waals surface area contributed by atoms with Crippen LogP contribution in [0.2, 0.25) is 0 Å². The Morgan fingerprint density at radius 1 is 1.47 bits per heavy atom. The molecule has 1 saturated heterocycles. The number of hydrogen-bond donors (Lipinski definition) is 2. The van der Waals surface area contributed by atoms with E-state index in [1.807, 2.05) is 12.1 Å². The van der Waals surface area contributed by atoms with Gasteiger partial charge in [0, 0.05) is 18.6 Å². The van der Waals surface area contributed by atoms with Crippen molar-refractivity contribution in [2.45, 2.75) is 31.8 Å². The molecule has 3 heteroatoms. The maximum Gasteiger partial charge on any atom is 0.119 e. The van der Waals surface area contributed by atoms with Gasteiger partial charge in [-0.05, 0) is 44.0 Å². The highest BCUT2D eigenvalue weighted by Gasteiger charge is 2.16. The van der Waals surface area contributed by atoms with E-state index in [0.29, 0.717) is 12.1 Å². The van der Waals surface area contributed by atoms with Crippen LogP contribution in [0.1, 0.15) is 31.4 Å². The maximum atomic E-state index is 5.25. The van der Waals surface area contributed by atoms with Gasteiger partial charge < -0.3 is 15.4 Å². The van der Waals surface area contributed by atoms with Gasteiger partial charge in [-0.15, -0.1) is 0 Å². The Morgan fingerprint density at radius 3 is 3.06 bits per heavy atom. The highest BCUT2D eigenvalue weighted by Crippen LogP contribution is 2.19. The van der Waals surface area contributed by atoms with Crippen LogP contribution in [0.4, 0.5) is 0 Å². The van der Waals surface area contributed by atoms with Gasteiger partial charge in [0.15, 0.2) is 0 Å². The van der Waals surface area contributed by atoms with Gasteiger partial charge in [0.1, 0.15) is 5.75 Å². The molecule has 1 fully saturated rings. The maximum absolute atomic E-state index is 5.25. The van der Waals surface area contributed by atoms with Crippen LogP contribution in [0.15, 0.2) is 24.3 Å². The van der Waals surface area contributed by atoms with Crippen molar-refractivity contribution < 1.29 is 4.74 Å². The molecule has 0 saturated carbocycles. The number of ether oxygens (including phenoxy) is 1.